The Labute approximate surface area is 137 Å². The quantitative estimate of drug-likeness (QED) is 0.614. The average molecular weight is 322 g/mol. The average Bonchev–Trinajstić information content (AvgIpc) is 3.02. The SMILES string of the molecule is Cl.NC(=NC1CCCc2ccccc21)N=C(N)N1CCCC1. The predicted octanol–water partition coefficient (Wildman–Crippen LogP) is 2.21. The fraction of sp³-hybridized carbons (Fsp3) is 0.500. The van der Waals surface area contributed by atoms with Gasteiger partial charge >= 0.3 is 0 Å². The van der Waals surface area contributed by atoms with E-state index in [0.717, 1.165) is 32.4 Å². The zero-order valence-electron chi connectivity index (χ0n) is 12.7. The number of fused-ring (bicyclic) bond motifs is 1. The molecule has 1 saturated heterocycles. The van der Waals surface area contributed by atoms with E-state index in [0.29, 0.717) is 11.9 Å². The fourth-order valence-electron chi connectivity index (χ4n) is 3.19. The van der Waals surface area contributed by atoms with Crippen molar-refractivity contribution in [3.8, 4) is 0 Å². The van der Waals surface area contributed by atoms with E-state index >= 15 is 0 Å². The van der Waals surface area contributed by atoms with Crippen molar-refractivity contribution in [3.63, 3.8) is 0 Å². The summed E-state index contributed by atoms with van der Waals surface area (Å²) in [7, 11) is 0. The summed E-state index contributed by atoms with van der Waals surface area (Å²) in [4.78, 5) is 10.9. The number of aryl methyl sites for hydroxylation is 1. The Morgan fingerprint density at radius 3 is 2.59 bits per heavy atom. The lowest BCUT2D eigenvalue weighted by Gasteiger charge is -2.22. The van der Waals surface area contributed by atoms with E-state index in [9.17, 15) is 0 Å². The van der Waals surface area contributed by atoms with Crippen molar-refractivity contribution in [1.82, 2.24) is 4.90 Å². The van der Waals surface area contributed by atoms with Gasteiger partial charge in [-0.05, 0) is 43.2 Å². The molecule has 0 spiro atoms. The number of nitrogens with zero attached hydrogens (tertiary/aromatic N) is 3. The second kappa shape index (κ2) is 7.49. The van der Waals surface area contributed by atoms with Crippen LogP contribution in [0.5, 0.6) is 0 Å². The number of rotatable bonds is 1. The number of benzene rings is 1. The van der Waals surface area contributed by atoms with Gasteiger partial charge in [0.1, 0.15) is 0 Å². The van der Waals surface area contributed by atoms with Gasteiger partial charge in [0.2, 0.25) is 5.96 Å². The first-order chi connectivity index (χ1) is 10.2. The Bertz CT molecular complexity index is 563. The number of likely N-dealkylation sites (tertiary alicyclic amines) is 1. The molecule has 2 aliphatic rings. The van der Waals surface area contributed by atoms with Gasteiger partial charge in [-0.1, -0.05) is 24.3 Å². The van der Waals surface area contributed by atoms with Crippen molar-refractivity contribution in [2.75, 3.05) is 13.1 Å². The minimum Gasteiger partial charge on any atom is -0.369 e. The van der Waals surface area contributed by atoms with E-state index in [-0.39, 0.29) is 18.4 Å². The van der Waals surface area contributed by atoms with E-state index in [1.165, 1.54) is 24.0 Å². The largest absolute Gasteiger partial charge is 0.369 e. The zero-order chi connectivity index (χ0) is 14.7. The topological polar surface area (TPSA) is 80.0 Å². The number of hydrogen-bond donors (Lipinski definition) is 2. The molecule has 4 N–H and O–H groups in total. The first-order valence-corrected chi connectivity index (χ1v) is 7.74. The van der Waals surface area contributed by atoms with Crippen molar-refractivity contribution in [3.05, 3.63) is 35.4 Å². The van der Waals surface area contributed by atoms with Gasteiger partial charge in [-0.2, -0.15) is 4.99 Å². The number of nitrogens with two attached hydrogens (primary N) is 2. The van der Waals surface area contributed by atoms with Gasteiger partial charge in [0.25, 0.3) is 0 Å². The number of aliphatic imine (C=N–C) groups is 2. The molecule has 3 rings (SSSR count). The van der Waals surface area contributed by atoms with Crippen molar-refractivity contribution in [2.45, 2.75) is 38.1 Å². The van der Waals surface area contributed by atoms with E-state index < -0.39 is 0 Å². The predicted molar refractivity (Wildman–Crippen MR) is 93.4 cm³/mol. The molecule has 1 heterocycles. The van der Waals surface area contributed by atoms with E-state index in [4.69, 9.17) is 11.5 Å². The van der Waals surface area contributed by atoms with Crippen LogP contribution in [0.1, 0.15) is 42.9 Å². The second-order valence-electron chi connectivity index (χ2n) is 5.76. The summed E-state index contributed by atoms with van der Waals surface area (Å²) >= 11 is 0. The lowest BCUT2D eigenvalue weighted by Crippen LogP contribution is -2.36. The zero-order valence-corrected chi connectivity index (χ0v) is 13.6. The maximum Gasteiger partial charge on any atom is 0.219 e. The molecule has 1 fully saturated rings. The first-order valence-electron chi connectivity index (χ1n) is 7.74. The molecule has 0 aromatic heterocycles. The fourth-order valence-corrected chi connectivity index (χ4v) is 3.19. The molecular weight excluding hydrogens is 298 g/mol. The lowest BCUT2D eigenvalue weighted by molar-refractivity contribution is 0.513. The molecule has 1 unspecified atom stereocenters. The smallest absolute Gasteiger partial charge is 0.219 e. The van der Waals surface area contributed by atoms with Crippen molar-refractivity contribution < 1.29 is 0 Å². The Morgan fingerprint density at radius 1 is 1.09 bits per heavy atom. The van der Waals surface area contributed by atoms with Gasteiger partial charge in [0.05, 0.1) is 6.04 Å². The van der Waals surface area contributed by atoms with Gasteiger partial charge in [0.15, 0.2) is 5.96 Å². The highest BCUT2D eigenvalue weighted by Crippen LogP contribution is 2.32. The standard InChI is InChI=1S/C16H23N5.ClH/c17-15(20-16(18)21-10-3-4-11-21)19-14-9-5-7-12-6-1-2-8-13(12)14;/h1-2,6,8,14H,3-5,7,9-11H2,(H4,17,18,19,20);1H. The summed E-state index contributed by atoms with van der Waals surface area (Å²) in [5, 5.41) is 0. The van der Waals surface area contributed by atoms with Crippen LogP contribution in [0.2, 0.25) is 0 Å². The highest BCUT2D eigenvalue weighted by molar-refractivity contribution is 5.93. The van der Waals surface area contributed by atoms with Crippen LogP contribution in [0.25, 0.3) is 0 Å². The molecular formula is C16H24ClN5. The third-order valence-electron chi connectivity index (χ3n) is 4.29. The molecule has 5 nitrogen and oxygen atoms in total. The summed E-state index contributed by atoms with van der Waals surface area (Å²) in [6.07, 6.45) is 5.63. The molecule has 0 amide bonds. The van der Waals surface area contributed by atoms with Gasteiger partial charge < -0.3 is 16.4 Å². The maximum atomic E-state index is 5.99. The molecule has 120 valence electrons. The van der Waals surface area contributed by atoms with Crippen LogP contribution in [0.15, 0.2) is 34.3 Å². The Kier molecular flexibility index (Phi) is 5.66. The highest BCUT2D eigenvalue weighted by Gasteiger charge is 2.19. The summed E-state index contributed by atoms with van der Waals surface area (Å²) in [6, 6.07) is 8.58. The van der Waals surface area contributed by atoms with Crippen LogP contribution in [0, 0.1) is 0 Å². The van der Waals surface area contributed by atoms with Crippen LogP contribution in [-0.4, -0.2) is 29.9 Å². The van der Waals surface area contributed by atoms with Crippen LogP contribution in [0.4, 0.5) is 0 Å². The van der Waals surface area contributed by atoms with E-state index in [1.54, 1.807) is 0 Å². The number of hydrogen-bond acceptors (Lipinski definition) is 1. The molecule has 6 heteroatoms. The van der Waals surface area contributed by atoms with Crippen LogP contribution >= 0.6 is 12.4 Å². The second-order valence-corrected chi connectivity index (χ2v) is 5.76. The van der Waals surface area contributed by atoms with Gasteiger partial charge in [0, 0.05) is 13.1 Å². The monoisotopic (exact) mass is 321 g/mol. The van der Waals surface area contributed by atoms with Crippen LogP contribution in [0.3, 0.4) is 0 Å². The van der Waals surface area contributed by atoms with E-state index in [1.807, 2.05) is 0 Å². The molecule has 22 heavy (non-hydrogen) atoms. The van der Waals surface area contributed by atoms with Crippen molar-refractivity contribution >= 4 is 24.3 Å². The molecule has 0 radical (unpaired) electrons. The molecule has 1 aliphatic carbocycles. The third kappa shape index (κ3) is 3.71. The van der Waals surface area contributed by atoms with Gasteiger partial charge in [-0.15, -0.1) is 12.4 Å². The van der Waals surface area contributed by atoms with Crippen LogP contribution in [-0.2, 0) is 6.42 Å². The number of halogens is 1. The Balaban J connectivity index is 0.00000176. The molecule has 1 aromatic rings. The maximum absolute atomic E-state index is 5.99. The summed E-state index contributed by atoms with van der Waals surface area (Å²) in [5.41, 5.74) is 14.6. The van der Waals surface area contributed by atoms with Gasteiger partial charge in [-0.25, -0.2) is 4.99 Å². The molecule has 1 aliphatic heterocycles. The highest BCUT2D eigenvalue weighted by atomic mass is 35.5. The Morgan fingerprint density at radius 2 is 1.82 bits per heavy atom. The van der Waals surface area contributed by atoms with E-state index in [2.05, 4.69) is 39.2 Å². The van der Waals surface area contributed by atoms with Crippen LogP contribution < -0.4 is 11.5 Å². The van der Waals surface area contributed by atoms with Crippen molar-refractivity contribution in [1.29, 1.82) is 0 Å². The third-order valence-corrected chi connectivity index (χ3v) is 4.29. The molecule has 0 saturated carbocycles. The summed E-state index contributed by atoms with van der Waals surface area (Å²) in [6.45, 7) is 1.93. The molecule has 1 atom stereocenters. The summed E-state index contributed by atoms with van der Waals surface area (Å²) in [5.74, 6) is 0.791. The minimum absolute atomic E-state index is 0. The van der Waals surface area contributed by atoms with Gasteiger partial charge in [-0.3, -0.25) is 0 Å². The number of guanidine groups is 2. The first kappa shape index (κ1) is 16.6. The normalized spacial score (nSPS) is 22.2. The lowest BCUT2D eigenvalue weighted by atomic mass is 9.88. The molecule has 0 bridgehead atoms. The van der Waals surface area contributed by atoms with Crippen molar-refractivity contribution in [2.24, 2.45) is 21.5 Å². The molecule has 1 aromatic carbocycles. The summed E-state index contributed by atoms with van der Waals surface area (Å²) < 4.78 is 0. The Hall–Kier alpha value is -1.75. The minimum atomic E-state index is 0.